The molecule has 0 radical (unpaired) electrons. The predicted molar refractivity (Wildman–Crippen MR) is 124 cm³/mol. The Hall–Kier alpha value is -2.00. The second-order valence-corrected chi connectivity index (χ2v) is 16.6. The average molecular weight is 482 g/mol. The van der Waals surface area contributed by atoms with Crippen molar-refractivity contribution in [3.05, 3.63) is 114 Å². The Morgan fingerprint density at radius 1 is 0.571 bits per heavy atom. The first-order valence-electron chi connectivity index (χ1n) is 9.82. The van der Waals surface area contributed by atoms with Crippen LogP contribution in [0, 0.1) is 0 Å². The Morgan fingerprint density at radius 2 is 1.04 bits per heavy atom. The van der Waals surface area contributed by atoms with Crippen LogP contribution in [0.15, 0.2) is 91.3 Å². The van der Waals surface area contributed by atoms with Gasteiger partial charge in [-0.05, 0) is 0 Å². The molecule has 0 nitrogen and oxygen atoms in total. The molecule has 0 amide bonds. The second-order valence-electron chi connectivity index (χ2n) is 7.46. The summed E-state index contributed by atoms with van der Waals surface area (Å²) in [7, 11) is 0. The molecule has 0 N–H and O–H groups in total. The van der Waals surface area contributed by atoms with Crippen LogP contribution in [0.3, 0.4) is 0 Å². The van der Waals surface area contributed by atoms with Crippen LogP contribution >= 0.6 is 0 Å². The van der Waals surface area contributed by atoms with Gasteiger partial charge in [0, 0.05) is 0 Å². The molecular formula is C26H20As2. The minimum atomic E-state index is -1.12. The topological polar surface area (TPSA) is 0 Å². The van der Waals surface area contributed by atoms with Gasteiger partial charge < -0.3 is 0 Å². The molecule has 28 heavy (non-hydrogen) atoms. The molecule has 6 rings (SSSR count). The van der Waals surface area contributed by atoms with E-state index in [9.17, 15) is 0 Å². The van der Waals surface area contributed by atoms with Crippen LogP contribution in [-0.2, 0) is 0 Å². The summed E-state index contributed by atoms with van der Waals surface area (Å²) in [5, 5.41) is 2.79. The number of allylic oxidation sites excluding steroid dienone is 8. The zero-order valence-corrected chi connectivity index (χ0v) is 19.3. The fourth-order valence-corrected chi connectivity index (χ4v) is 17.1. The van der Waals surface area contributed by atoms with Gasteiger partial charge in [0.15, 0.2) is 0 Å². The van der Waals surface area contributed by atoms with E-state index in [0.29, 0.717) is 0 Å². The Balaban J connectivity index is 1.23. The quantitative estimate of drug-likeness (QED) is 0.455. The molecule has 2 aromatic rings. The van der Waals surface area contributed by atoms with Gasteiger partial charge in [0.1, 0.15) is 0 Å². The standard InChI is InChI=1S/C26H20As2/c1-3-9-21-19(7-1)17-25-23(21)11-5-13-27(25)15-16-28-14-6-12-24-22-10-4-2-8-20(22)18-26(24)28/h1-14,17-18H,15-16H2. The van der Waals surface area contributed by atoms with Crippen LogP contribution in [0.4, 0.5) is 0 Å². The van der Waals surface area contributed by atoms with Crippen molar-refractivity contribution in [2.75, 3.05) is 0 Å². The molecule has 2 unspecified atom stereocenters. The normalized spacial score (nSPS) is 23.1. The monoisotopic (exact) mass is 482 g/mol. The van der Waals surface area contributed by atoms with Crippen molar-refractivity contribution in [1.29, 1.82) is 0 Å². The SMILES string of the molecule is C1=C[As](CC[As]2C=CC=C3C2=Cc2ccccc23)C2=Cc3ccccc3C2=C1. The van der Waals surface area contributed by atoms with Crippen LogP contribution in [0.1, 0.15) is 22.3 Å². The van der Waals surface area contributed by atoms with Crippen molar-refractivity contribution < 1.29 is 0 Å². The summed E-state index contributed by atoms with van der Waals surface area (Å²) in [4.78, 5) is 5.12. The van der Waals surface area contributed by atoms with Gasteiger partial charge in [0.2, 0.25) is 0 Å². The molecule has 0 saturated carbocycles. The van der Waals surface area contributed by atoms with E-state index in [1.807, 2.05) is 0 Å². The van der Waals surface area contributed by atoms with Gasteiger partial charge >= 0.3 is 177 Å². The molecular weight excluding hydrogens is 462 g/mol. The number of fused-ring (bicyclic) bond motifs is 6. The molecule has 2 aliphatic carbocycles. The first kappa shape index (κ1) is 16.9. The van der Waals surface area contributed by atoms with Crippen molar-refractivity contribution in [3.8, 4) is 0 Å². The summed E-state index contributed by atoms with van der Waals surface area (Å²) in [5.74, 6) is 0. The number of hydrogen-bond donors (Lipinski definition) is 0. The molecule has 2 heteroatoms. The van der Waals surface area contributed by atoms with Crippen LogP contribution in [0.2, 0.25) is 10.4 Å². The third-order valence-electron chi connectivity index (χ3n) is 5.90. The molecule has 0 fully saturated rings. The molecule has 2 aliphatic heterocycles. The average Bonchev–Trinajstić information content (AvgIpc) is 3.31. The summed E-state index contributed by atoms with van der Waals surface area (Å²) in [5.41, 5.74) is 8.73. The van der Waals surface area contributed by atoms with Gasteiger partial charge in [0.25, 0.3) is 0 Å². The zero-order chi connectivity index (χ0) is 18.5. The van der Waals surface area contributed by atoms with E-state index >= 15 is 0 Å². The summed E-state index contributed by atoms with van der Waals surface area (Å²) in [6.07, 6.45) is 14.3. The van der Waals surface area contributed by atoms with Crippen LogP contribution in [0.25, 0.3) is 23.3 Å². The third-order valence-corrected chi connectivity index (χ3v) is 16.9. The van der Waals surface area contributed by atoms with Gasteiger partial charge in [-0.1, -0.05) is 0 Å². The Bertz CT molecular complexity index is 1080. The van der Waals surface area contributed by atoms with E-state index in [1.54, 1.807) is 8.72 Å². The van der Waals surface area contributed by atoms with Crippen molar-refractivity contribution in [1.82, 2.24) is 0 Å². The molecule has 0 aromatic heterocycles. The van der Waals surface area contributed by atoms with Crippen LogP contribution in [0.5, 0.6) is 0 Å². The predicted octanol–water partition coefficient (Wildman–Crippen LogP) is 6.23. The molecule has 2 atom stereocenters. The Labute approximate surface area is 175 Å². The Morgan fingerprint density at radius 3 is 1.54 bits per heavy atom. The van der Waals surface area contributed by atoms with E-state index in [1.165, 1.54) is 43.8 Å². The van der Waals surface area contributed by atoms with E-state index in [-0.39, 0.29) is 0 Å². The van der Waals surface area contributed by atoms with Crippen LogP contribution < -0.4 is 0 Å². The van der Waals surface area contributed by atoms with Gasteiger partial charge in [-0.3, -0.25) is 0 Å². The molecule has 0 spiro atoms. The van der Waals surface area contributed by atoms with Crippen molar-refractivity contribution in [2.45, 2.75) is 10.4 Å². The molecule has 0 saturated heterocycles. The third kappa shape index (κ3) is 2.67. The maximum absolute atomic E-state index is 2.56. The fraction of sp³-hybridized carbons (Fsp3) is 0.0769. The first-order valence-corrected chi connectivity index (χ1v) is 16.5. The van der Waals surface area contributed by atoms with E-state index in [4.69, 9.17) is 0 Å². The van der Waals surface area contributed by atoms with Crippen molar-refractivity contribution >= 4 is 52.6 Å². The second kappa shape index (κ2) is 6.80. The van der Waals surface area contributed by atoms with Gasteiger partial charge in [0.05, 0.1) is 0 Å². The van der Waals surface area contributed by atoms with Crippen LogP contribution in [-0.4, -0.2) is 29.3 Å². The Kier molecular flexibility index (Phi) is 4.11. The summed E-state index contributed by atoms with van der Waals surface area (Å²) >= 11 is -2.24. The minimum absolute atomic E-state index is 1.12. The van der Waals surface area contributed by atoms with E-state index < -0.39 is 29.3 Å². The molecule has 4 aliphatic rings. The van der Waals surface area contributed by atoms with Crippen molar-refractivity contribution in [3.63, 3.8) is 0 Å². The number of hydrogen-bond acceptors (Lipinski definition) is 0. The molecule has 134 valence electrons. The summed E-state index contributed by atoms with van der Waals surface area (Å²) in [6.45, 7) is 0. The molecule has 0 bridgehead atoms. The van der Waals surface area contributed by atoms with Gasteiger partial charge in [-0.25, -0.2) is 0 Å². The van der Waals surface area contributed by atoms with Crippen molar-refractivity contribution in [2.24, 2.45) is 0 Å². The molecule has 2 aromatic carbocycles. The van der Waals surface area contributed by atoms with E-state index in [2.05, 4.69) is 94.7 Å². The van der Waals surface area contributed by atoms with Gasteiger partial charge in [-0.2, -0.15) is 0 Å². The molecule has 2 heterocycles. The summed E-state index contributed by atoms with van der Waals surface area (Å²) in [6, 6.07) is 17.8. The first-order chi connectivity index (χ1) is 13.9. The zero-order valence-electron chi connectivity index (χ0n) is 15.5. The van der Waals surface area contributed by atoms with E-state index in [0.717, 1.165) is 0 Å². The number of rotatable bonds is 3. The summed E-state index contributed by atoms with van der Waals surface area (Å²) < 4.78 is 3.34. The maximum atomic E-state index is 2.56. The fourth-order valence-electron chi connectivity index (χ4n) is 4.54. The number of benzene rings is 2. The van der Waals surface area contributed by atoms with Gasteiger partial charge in [-0.15, -0.1) is 0 Å².